The Labute approximate surface area is 167 Å². The molecular formula is C23H29NO4. The molecule has 2 aromatic carbocycles. The predicted octanol–water partition coefficient (Wildman–Crippen LogP) is 4.82. The van der Waals surface area contributed by atoms with Gasteiger partial charge in [-0.25, -0.2) is 0 Å². The number of nitrogens with one attached hydrogen (secondary N) is 1. The van der Waals surface area contributed by atoms with Crippen LogP contribution in [0.2, 0.25) is 0 Å². The highest BCUT2D eigenvalue weighted by Gasteiger charge is 2.20. The summed E-state index contributed by atoms with van der Waals surface area (Å²) in [5.41, 5.74) is 2.60. The number of hydrogen-bond acceptors (Lipinski definition) is 4. The first-order chi connectivity index (χ1) is 13.5. The quantitative estimate of drug-likeness (QED) is 0.744. The number of carbonyl (C=O) groups is 1. The van der Waals surface area contributed by atoms with Crippen LogP contribution >= 0.6 is 0 Å². The minimum absolute atomic E-state index is 0.165. The second-order valence-electron chi connectivity index (χ2n) is 7.33. The minimum Gasteiger partial charge on any atom is -0.496 e. The molecule has 1 N–H and O–H groups in total. The van der Waals surface area contributed by atoms with E-state index in [4.69, 9.17) is 14.2 Å². The van der Waals surface area contributed by atoms with Gasteiger partial charge in [-0.15, -0.1) is 0 Å². The van der Waals surface area contributed by atoms with Gasteiger partial charge in [-0.3, -0.25) is 4.79 Å². The van der Waals surface area contributed by atoms with Gasteiger partial charge in [0.05, 0.1) is 26.4 Å². The average molecular weight is 383 g/mol. The number of rotatable bonds is 7. The highest BCUT2D eigenvalue weighted by atomic mass is 16.5. The van der Waals surface area contributed by atoms with E-state index in [0.29, 0.717) is 17.1 Å². The third-order valence-corrected chi connectivity index (χ3v) is 5.22. The molecule has 1 unspecified atom stereocenters. The zero-order valence-electron chi connectivity index (χ0n) is 17.1. The molecule has 0 saturated heterocycles. The highest BCUT2D eigenvalue weighted by Crippen LogP contribution is 2.33. The summed E-state index contributed by atoms with van der Waals surface area (Å²) in [6.45, 7) is 3.97. The van der Waals surface area contributed by atoms with Crippen LogP contribution < -0.4 is 19.5 Å². The van der Waals surface area contributed by atoms with Gasteiger partial charge >= 0.3 is 0 Å². The third kappa shape index (κ3) is 4.58. The van der Waals surface area contributed by atoms with Gasteiger partial charge in [-0.1, -0.05) is 17.7 Å². The summed E-state index contributed by atoms with van der Waals surface area (Å²) in [5.74, 6) is 1.87. The van der Waals surface area contributed by atoms with Crippen molar-refractivity contribution in [3.63, 3.8) is 0 Å². The van der Waals surface area contributed by atoms with Crippen LogP contribution in [0.3, 0.4) is 0 Å². The zero-order valence-corrected chi connectivity index (χ0v) is 17.1. The van der Waals surface area contributed by atoms with Crippen LogP contribution in [0.25, 0.3) is 0 Å². The zero-order chi connectivity index (χ0) is 20.1. The van der Waals surface area contributed by atoms with Crippen LogP contribution in [0.5, 0.6) is 17.2 Å². The van der Waals surface area contributed by atoms with Crippen molar-refractivity contribution >= 4 is 5.91 Å². The molecule has 28 heavy (non-hydrogen) atoms. The van der Waals surface area contributed by atoms with Gasteiger partial charge in [0, 0.05) is 11.1 Å². The first-order valence-electron chi connectivity index (χ1n) is 9.82. The maximum Gasteiger partial charge on any atom is 0.251 e. The molecule has 1 fully saturated rings. The standard InChI is InChI=1S/C23H29NO4/c1-15-9-11-20(26-3)19(13-15)16(2)24-23(25)17-10-12-21(22(14-17)27-4)28-18-7-5-6-8-18/h9-14,16,18H,5-8H2,1-4H3,(H,24,25). The van der Waals surface area contributed by atoms with Crippen LogP contribution in [0.15, 0.2) is 36.4 Å². The summed E-state index contributed by atoms with van der Waals surface area (Å²) in [5, 5.41) is 3.04. The molecule has 0 aliphatic heterocycles. The molecular weight excluding hydrogens is 354 g/mol. The number of methoxy groups -OCH3 is 2. The first kappa shape index (κ1) is 20.1. The van der Waals surface area contributed by atoms with Crippen molar-refractivity contribution in [3.8, 4) is 17.2 Å². The average Bonchev–Trinajstić information content (AvgIpc) is 3.21. The van der Waals surface area contributed by atoms with Crippen molar-refractivity contribution in [1.82, 2.24) is 5.32 Å². The van der Waals surface area contributed by atoms with Crippen molar-refractivity contribution in [2.45, 2.75) is 51.7 Å². The molecule has 1 aliphatic carbocycles. The molecule has 3 rings (SSSR count). The Bertz CT molecular complexity index is 827. The Kier molecular flexibility index (Phi) is 6.45. The summed E-state index contributed by atoms with van der Waals surface area (Å²) in [6, 6.07) is 11.1. The van der Waals surface area contributed by atoms with Gasteiger partial charge in [0.15, 0.2) is 11.5 Å². The van der Waals surface area contributed by atoms with Crippen LogP contribution in [0.1, 0.15) is 60.1 Å². The van der Waals surface area contributed by atoms with Crippen molar-refractivity contribution in [1.29, 1.82) is 0 Å². The van der Waals surface area contributed by atoms with Crippen molar-refractivity contribution in [2.24, 2.45) is 0 Å². The van der Waals surface area contributed by atoms with Crippen molar-refractivity contribution in [2.75, 3.05) is 14.2 Å². The SMILES string of the molecule is COc1cc(C(=O)NC(C)c2cc(C)ccc2OC)ccc1OC1CCCC1. The predicted molar refractivity (Wildman–Crippen MR) is 109 cm³/mol. The topological polar surface area (TPSA) is 56.8 Å². The summed E-state index contributed by atoms with van der Waals surface area (Å²) in [6.07, 6.45) is 4.78. The maximum atomic E-state index is 12.8. The van der Waals surface area contributed by atoms with Gasteiger partial charge in [-0.05, 0) is 63.8 Å². The maximum absolute atomic E-state index is 12.8. The van der Waals surface area contributed by atoms with Crippen LogP contribution in [-0.2, 0) is 0 Å². The number of amides is 1. The molecule has 1 saturated carbocycles. The molecule has 0 aromatic heterocycles. The van der Waals surface area contributed by atoms with Gasteiger partial charge < -0.3 is 19.5 Å². The van der Waals surface area contributed by atoms with Crippen LogP contribution in [0.4, 0.5) is 0 Å². The number of aryl methyl sites for hydroxylation is 1. The van der Waals surface area contributed by atoms with E-state index < -0.39 is 0 Å². The molecule has 0 spiro atoms. The smallest absolute Gasteiger partial charge is 0.251 e. The largest absolute Gasteiger partial charge is 0.496 e. The second-order valence-corrected chi connectivity index (χ2v) is 7.33. The molecule has 1 aliphatic rings. The van der Waals surface area contributed by atoms with E-state index in [0.717, 1.165) is 29.7 Å². The lowest BCUT2D eigenvalue weighted by molar-refractivity contribution is 0.0939. The lowest BCUT2D eigenvalue weighted by atomic mass is 10.0. The summed E-state index contributed by atoms with van der Waals surface area (Å²) in [7, 11) is 3.23. The fourth-order valence-electron chi connectivity index (χ4n) is 3.64. The van der Waals surface area contributed by atoms with Crippen molar-refractivity contribution < 1.29 is 19.0 Å². The van der Waals surface area contributed by atoms with Gasteiger partial charge in [0.1, 0.15) is 5.75 Å². The Balaban J connectivity index is 1.74. The van der Waals surface area contributed by atoms with Gasteiger partial charge in [0.2, 0.25) is 0 Å². The third-order valence-electron chi connectivity index (χ3n) is 5.22. The van der Waals surface area contributed by atoms with E-state index in [1.165, 1.54) is 12.8 Å². The second kappa shape index (κ2) is 9.00. The van der Waals surface area contributed by atoms with E-state index in [9.17, 15) is 4.79 Å². The number of benzene rings is 2. The van der Waals surface area contributed by atoms with E-state index in [-0.39, 0.29) is 18.1 Å². The summed E-state index contributed by atoms with van der Waals surface area (Å²) >= 11 is 0. The van der Waals surface area contributed by atoms with Crippen molar-refractivity contribution in [3.05, 3.63) is 53.1 Å². The number of ether oxygens (including phenoxy) is 3. The Hall–Kier alpha value is -2.69. The van der Waals surface area contributed by atoms with E-state index in [1.54, 1.807) is 26.4 Å². The number of carbonyl (C=O) groups excluding carboxylic acids is 1. The van der Waals surface area contributed by atoms with Gasteiger partial charge in [-0.2, -0.15) is 0 Å². The summed E-state index contributed by atoms with van der Waals surface area (Å²) in [4.78, 5) is 12.8. The van der Waals surface area contributed by atoms with Crippen LogP contribution in [0, 0.1) is 6.92 Å². The van der Waals surface area contributed by atoms with E-state index in [1.807, 2.05) is 38.1 Å². The van der Waals surface area contributed by atoms with Gasteiger partial charge in [0.25, 0.3) is 5.91 Å². The molecule has 1 amide bonds. The fraction of sp³-hybridized carbons (Fsp3) is 0.435. The molecule has 0 radical (unpaired) electrons. The molecule has 5 heteroatoms. The Morgan fingerprint density at radius 3 is 2.36 bits per heavy atom. The summed E-state index contributed by atoms with van der Waals surface area (Å²) < 4.78 is 17.0. The Morgan fingerprint density at radius 1 is 1.00 bits per heavy atom. The molecule has 0 heterocycles. The molecule has 0 bridgehead atoms. The molecule has 1 atom stereocenters. The lowest BCUT2D eigenvalue weighted by Gasteiger charge is -2.19. The first-order valence-corrected chi connectivity index (χ1v) is 9.82. The normalized spacial score (nSPS) is 15.1. The fourth-order valence-corrected chi connectivity index (χ4v) is 3.64. The highest BCUT2D eigenvalue weighted by molar-refractivity contribution is 5.95. The number of hydrogen-bond donors (Lipinski definition) is 1. The molecule has 5 nitrogen and oxygen atoms in total. The van der Waals surface area contributed by atoms with E-state index >= 15 is 0 Å². The molecule has 150 valence electrons. The van der Waals surface area contributed by atoms with Crippen LogP contribution in [-0.4, -0.2) is 26.2 Å². The minimum atomic E-state index is -0.192. The monoisotopic (exact) mass is 383 g/mol. The lowest BCUT2D eigenvalue weighted by Crippen LogP contribution is -2.27. The van der Waals surface area contributed by atoms with E-state index in [2.05, 4.69) is 5.32 Å². The Morgan fingerprint density at radius 2 is 1.68 bits per heavy atom. The molecule has 2 aromatic rings.